The molecule has 1 unspecified atom stereocenters. The Hall–Kier alpha value is -6.10. The van der Waals surface area contributed by atoms with Crippen LogP contribution in [0.4, 0.5) is 27.1 Å². The molecular formula is C44H39ClFN7O5. The summed E-state index contributed by atoms with van der Waals surface area (Å²) in [5, 5.41) is 11.8. The minimum atomic E-state index is -1.36. The van der Waals surface area contributed by atoms with Crippen LogP contribution in [0.25, 0.3) is 11.1 Å². The van der Waals surface area contributed by atoms with Crippen molar-refractivity contribution in [3.63, 3.8) is 0 Å². The van der Waals surface area contributed by atoms with Crippen LogP contribution in [0.3, 0.4) is 0 Å². The van der Waals surface area contributed by atoms with Crippen LogP contribution in [0.15, 0.2) is 78.9 Å². The number of piperazine rings is 1. The normalized spacial score (nSPS) is 21.2. The molecule has 5 amide bonds. The number of fused-ring (bicyclic) bond motifs is 2. The summed E-state index contributed by atoms with van der Waals surface area (Å²) in [5.41, 5.74) is 4.61. The van der Waals surface area contributed by atoms with Gasteiger partial charge in [0.1, 0.15) is 12.1 Å². The third kappa shape index (κ3) is 6.18. The molecule has 0 bridgehead atoms. The van der Waals surface area contributed by atoms with E-state index in [1.165, 1.54) is 0 Å². The second-order valence-electron chi connectivity index (χ2n) is 16.3. The van der Waals surface area contributed by atoms with E-state index in [1.54, 1.807) is 41.3 Å². The Morgan fingerprint density at radius 2 is 1.47 bits per heavy atom. The van der Waals surface area contributed by atoms with Crippen molar-refractivity contribution in [3.05, 3.63) is 106 Å². The van der Waals surface area contributed by atoms with Crippen LogP contribution in [-0.4, -0.2) is 96.9 Å². The molecule has 294 valence electrons. The average molecular weight is 800 g/mol. The predicted molar refractivity (Wildman–Crippen MR) is 216 cm³/mol. The van der Waals surface area contributed by atoms with E-state index in [2.05, 4.69) is 21.2 Å². The van der Waals surface area contributed by atoms with Crippen molar-refractivity contribution in [2.24, 2.45) is 0 Å². The number of benzene rings is 4. The molecule has 12 nitrogen and oxygen atoms in total. The zero-order valence-corrected chi connectivity index (χ0v) is 32.7. The van der Waals surface area contributed by atoms with Gasteiger partial charge in [-0.25, -0.2) is 4.39 Å². The number of nitrogens with zero attached hydrogens (tertiary/aromatic N) is 6. The molecule has 5 heterocycles. The Balaban J connectivity index is 0.802. The Kier molecular flexibility index (Phi) is 8.90. The fraction of sp³-hybridized carbons (Fsp3) is 0.318. The molecule has 0 saturated carbocycles. The largest absolute Gasteiger partial charge is 0.369 e. The number of nitrogens with one attached hydrogen (secondary N) is 1. The molecule has 0 radical (unpaired) electrons. The van der Waals surface area contributed by atoms with Gasteiger partial charge >= 0.3 is 0 Å². The molecule has 1 N–H and O–H groups in total. The number of carbonyl (C=O) groups is 5. The first-order chi connectivity index (χ1) is 27.7. The van der Waals surface area contributed by atoms with Gasteiger partial charge < -0.3 is 9.80 Å². The SMILES string of the molecule is CC1(C)C(=O)N(c2ccc(C#N)c(Cl)c2)c2ccc(-c3ccc(N4CC(F)(CN5CCN(c6ccc7c(c6)C(=O)N(C6CCC(=O)NC6=O)C7=O)CC5)C4)cc3)cc21. The summed E-state index contributed by atoms with van der Waals surface area (Å²) < 4.78 is 16.0. The minimum absolute atomic E-state index is 0.0620. The lowest BCUT2D eigenvalue weighted by atomic mass is 9.84. The summed E-state index contributed by atoms with van der Waals surface area (Å²) in [6.45, 7) is 7.18. The zero-order valence-electron chi connectivity index (χ0n) is 31.9. The molecular weight excluding hydrogens is 761 g/mol. The Morgan fingerprint density at radius 1 is 0.793 bits per heavy atom. The molecule has 14 heteroatoms. The van der Waals surface area contributed by atoms with Crippen molar-refractivity contribution in [3.8, 4) is 17.2 Å². The van der Waals surface area contributed by atoms with Crippen LogP contribution < -0.4 is 20.0 Å². The number of carbonyl (C=O) groups excluding carboxylic acids is 5. The molecule has 5 aliphatic heterocycles. The van der Waals surface area contributed by atoms with E-state index in [0.29, 0.717) is 49.0 Å². The maximum absolute atomic E-state index is 16.0. The molecule has 0 spiro atoms. The fourth-order valence-electron chi connectivity index (χ4n) is 8.91. The third-order valence-electron chi connectivity index (χ3n) is 12.2. The highest BCUT2D eigenvalue weighted by Gasteiger charge is 2.47. The van der Waals surface area contributed by atoms with Crippen molar-refractivity contribution < 1.29 is 28.4 Å². The van der Waals surface area contributed by atoms with Gasteiger partial charge in [0.05, 0.1) is 51.6 Å². The number of nitriles is 1. The topological polar surface area (TPSA) is 137 Å². The molecule has 58 heavy (non-hydrogen) atoms. The van der Waals surface area contributed by atoms with Crippen LogP contribution in [-0.2, 0) is 19.8 Å². The van der Waals surface area contributed by atoms with Gasteiger partial charge in [0.15, 0.2) is 5.67 Å². The van der Waals surface area contributed by atoms with Crippen molar-refractivity contribution in [1.29, 1.82) is 5.26 Å². The molecule has 3 saturated heterocycles. The number of alkyl halides is 1. The van der Waals surface area contributed by atoms with Crippen molar-refractivity contribution in [2.45, 2.75) is 43.8 Å². The number of hydrogen-bond donors (Lipinski definition) is 1. The van der Waals surface area contributed by atoms with E-state index >= 15 is 4.39 Å². The van der Waals surface area contributed by atoms with Gasteiger partial charge in [-0.1, -0.05) is 29.8 Å². The van der Waals surface area contributed by atoms with E-state index in [0.717, 1.165) is 38.7 Å². The average Bonchev–Trinajstić information content (AvgIpc) is 3.56. The van der Waals surface area contributed by atoms with E-state index in [1.807, 2.05) is 61.2 Å². The van der Waals surface area contributed by atoms with Crippen molar-refractivity contribution in [1.82, 2.24) is 15.1 Å². The standard InChI is InChI=1S/C44H39ClFN7O5/c1-43(2)34-19-27(6-12-36(34)52(42(43)58)31-9-5-28(22-47)35(45)21-31)26-3-7-29(8-4-26)51-24-44(46,25-51)23-49-15-17-50(18-16-49)30-10-11-32-33(20-30)41(57)53(40(32)56)37-13-14-38(54)48-39(37)55/h3-12,19-21,37H,13-18,23-25H2,1-2H3,(H,48,54,55). The summed E-state index contributed by atoms with van der Waals surface area (Å²) in [4.78, 5) is 73.0. The van der Waals surface area contributed by atoms with Gasteiger partial charge in [-0.3, -0.25) is 44.0 Å². The van der Waals surface area contributed by atoms with E-state index < -0.39 is 40.8 Å². The van der Waals surface area contributed by atoms with Crippen molar-refractivity contribution in [2.75, 3.05) is 60.5 Å². The van der Waals surface area contributed by atoms with Crippen LogP contribution in [0.5, 0.6) is 0 Å². The number of anilines is 4. The lowest BCUT2D eigenvalue weighted by Gasteiger charge is -2.49. The number of halogens is 2. The lowest BCUT2D eigenvalue weighted by molar-refractivity contribution is -0.136. The molecule has 5 aliphatic rings. The van der Waals surface area contributed by atoms with Gasteiger partial charge in [-0.05, 0) is 97.6 Å². The number of amides is 5. The number of rotatable bonds is 7. The zero-order chi connectivity index (χ0) is 40.7. The molecule has 4 aromatic rings. The van der Waals surface area contributed by atoms with Gasteiger partial charge in [-0.2, -0.15) is 5.26 Å². The summed E-state index contributed by atoms with van der Waals surface area (Å²) in [5.74, 6) is -2.21. The highest BCUT2D eigenvalue weighted by molar-refractivity contribution is 6.32. The summed E-state index contributed by atoms with van der Waals surface area (Å²) in [6.07, 6.45) is 0.164. The van der Waals surface area contributed by atoms with E-state index in [-0.39, 0.29) is 43.0 Å². The highest BCUT2D eigenvalue weighted by Crippen LogP contribution is 2.47. The Bertz CT molecular complexity index is 2490. The first-order valence-corrected chi connectivity index (χ1v) is 19.7. The molecule has 9 rings (SSSR count). The second-order valence-corrected chi connectivity index (χ2v) is 16.7. The van der Waals surface area contributed by atoms with E-state index in [9.17, 15) is 29.2 Å². The summed E-state index contributed by atoms with van der Waals surface area (Å²) in [6, 6.07) is 25.2. The molecule has 0 aromatic heterocycles. The van der Waals surface area contributed by atoms with Crippen molar-refractivity contribution >= 4 is 63.9 Å². The predicted octanol–water partition coefficient (Wildman–Crippen LogP) is 5.59. The smallest absolute Gasteiger partial charge is 0.262 e. The molecule has 0 aliphatic carbocycles. The third-order valence-corrected chi connectivity index (χ3v) is 12.5. The first kappa shape index (κ1) is 37.5. The van der Waals surface area contributed by atoms with Gasteiger partial charge in [0, 0.05) is 50.5 Å². The lowest BCUT2D eigenvalue weighted by Crippen LogP contribution is -2.65. The van der Waals surface area contributed by atoms with Crippen LogP contribution in [0.2, 0.25) is 5.02 Å². The molecule has 4 aromatic carbocycles. The van der Waals surface area contributed by atoms with Crippen LogP contribution >= 0.6 is 11.6 Å². The number of imide groups is 2. The quantitative estimate of drug-likeness (QED) is 0.238. The highest BCUT2D eigenvalue weighted by atomic mass is 35.5. The number of piperidine rings is 1. The first-order valence-electron chi connectivity index (χ1n) is 19.3. The van der Waals surface area contributed by atoms with E-state index in [4.69, 9.17) is 11.6 Å². The number of hydrogen-bond acceptors (Lipinski definition) is 9. The Morgan fingerprint density at radius 3 is 2.16 bits per heavy atom. The van der Waals surface area contributed by atoms with Crippen LogP contribution in [0.1, 0.15) is 58.5 Å². The monoisotopic (exact) mass is 799 g/mol. The molecule has 3 fully saturated rings. The second kappa shape index (κ2) is 13.8. The van der Waals surface area contributed by atoms with Crippen LogP contribution in [0, 0.1) is 11.3 Å². The summed E-state index contributed by atoms with van der Waals surface area (Å²) >= 11 is 6.32. The van der Waals surface area contributed by atoms with Gasteiger partial charge in [0.2, 0.25) is 17.7 Å². The minimum Gasteiger partial charge on any atom is -0.369 e. The summed E-state index contributed by atoms with van der Waals surface area (Å²) in [7, 11) is 0. The van der Waals surface area contributed by atoms with Gasteiger partial charge in [-0.15, -0.1) is 0 Å². The maximum Gasteiger partial charge on any atom is 0.262 e. The maximum atomic E-state index is 16.0. The fourth-order valence-corrected chi connectivity index (χ4v) is 9.13. The van der Waals surface area contributed by atoms with Gasteiger partial charge in [0.25, 0.3) is 11.8 Å². The Labute approximate surface area is 339 Å². The molecule has 1 atom stereocenters.